The van der Waals surface area contributed by atoms with E-state index in [2.05, 4.69) is 31.0 Å². The van der Waals surface area contributed by atoms with Crippen LogP contribution in [-0.4, -0.2) is 12.5 Å². The minimum Gasteiger partial charge on any atom is -0.353 e. The molecule has 0 bridgehead atoms. The first-order valence-electron chi connectivity index (χ1n) is 8.33. The molecule has 116 valence electrons. The highest BCUT2D eigenvalue weighted by Crippen LogP contribution is 2.09. The fourth-order valence-corrected chi connectivity index (χ4v) is 2.09. The van der Waals surface area contributed by atoms with Crippen LogP contribution >= 0.6 is 0 Å². The van der Waals surface area contributed by atoms with Gasteiger partial charge in [0.05, 0.1) is 0 Å². The molecular formula is C18H33NO. The lowest BCUT2D eigenvalue weighted by molar-refractivity contribution is -0.120. The van der Waals surface area contributed by atoms with Crippen LogP contribution in [0.5, 0.6) is 0 Å². The zero-order valence-electron chi connectivity index (χ0n) is 13.3. The van der Waals surface area contributed by atoms with Gasteiger partial charge in [0.2, 0.25) is 5.91 Å². The number of rotatable bonds is 14. The van der Waals surface area contributed by atoms with E-state index in [0.29, 0.717) is 13.0 Å². The topological polar surface area (TPSA) is 29.1 Å². The lowest BCUT2D eigenvalue weighted by atomic mass is 10.1. The van der Waals surface area contributed by atoms with Gasteiger partial charge < -0.3 is 5.32 Å². The van der Waals surface area contributed by atoms with Crippen LogP contribution in [-0.2, 0) is 4.79 Å². The van der Waals surface area contributed by atoms with Crippen molar-refractivity contribution in [3.05, 3.63) is 24.8 Å². The molecule has 2 heteroatoms. The van der Waals surface area contributed by atoms with Crippen LogP contribution in [0.4, 0.5) is 0 Å². The van der Waals surface area contributed by atoms with Crippen molar-refractivity contribution in [2.24, 2.45) is 0 Å². The predicted octanol–water partition coefficient (Wildman–Crippen LogP) is 5.16. The number of hydrogen-bond donors (Lipinski definition) is 1. The van der Waals surface area contributed by atoms with Crippen LogP contribution in [0, 0.1) is 0 Å². The molecule has 0 fully saturated rings. The summed E-state index contributed by atoms with van der Waals surface area (Å²) in [7, 11) is 0. The Balaban J connectivity index is 3.19. The van der Waals surface area contributed by atoms with Gasteiger partial charge in [-0.15, -0.1) is 6.58 Å². The Bertz CT molecular complexity index is 258. The monoisotopic (exact) mass is 279 g/mol. The van der Waals surface area contributed by atoms with E-state index in [1.807, 2.05) is 0 Å². The average Bonchev–Trinajstić information content (AvgIpc) is 2.46. The number of unbranched alkanes of at least 4 members (excludes halogenated alkanes) is 8. The largest absolute Gasteiger partial charge is 0.353 e. The summed E-state index contributed by atoms with van der Waals surface area (Å²) in [6.45, 7) is 6.52. The van der Waals surface area contributed by atoms with Crippen LogP contribution in [0.1, 0.15) is 77.6 Å². The summed E-state index contributed by atoms with van der Waals surface area (Å²) < 4.78 is 0. The van der Waals surface area contributed by atoms with Gasteiger partial charge in [0, 0.05) is 13.0 Å². The smallest absolute Gasteiger partial charge is 0.220 e. The highest BCUT2D eigenvalue weighted by Gasteiger charge is 1.95. The van der Waals surface area contributed by atoms with Crippen molar-refractivity contribution >= 4 is 5.91 Å². The highest BCUT2D eigenvalue weighted by atomic mass is 16.1. The molecule has 0 heterocycles. The number of allylic oxidation sites excluding steroid dienone is 2. The molecule has 0 aliphatic heterocycles. The Hall–Kier alpha value is -1.05. The third-order valence-electron chi connectivity index (χ3n) is 3.38. The zero-order valence-corrected chi connectivity index (χ0v) is 13.3. The average molecular weight is 279 g/mol. The third kappa shape index (κ3) is 15.0. The van der Waals surface area contributed by atoms with Crippen molar-refractivity contribution in [3.63, 3.8) is 0 Å². The number of carbonyl (C=O) groups is 1. The standard InChI is InChI=1S/C18H33NO/c1-3-5-7-8-9-10-11-12-13-14-15-17-19-18(20)16-6-4-2/h4,14-15H,2-3,5-13,16-17H2,1H3,(H,19,20)/b15-14+. The lowest BCUT2D eigenvalue weighted by Gasteiger charge is -2.01. The van der Waals surface area contributed by atoms with Crippen molar-refractivity contribution in [2.75, 3.05) is 6.54 Å². The van der Waals surface area contributed by atoms with Gasteiger partial charge in [0.1, 0.15) is 0 Å². The minimum atomic E-state index is 0.113. The van der Waals surface area contributed by atoms with Gasteiger partial charge in [-0.25, -0.2) is 0 Å². The SMILES string of the molecule is C=CCCC(=O)NC/C=C/CCCCCCCCCC. The van der Waals surface area contributed by atoms with Crippen LogP contribution in [0.2, 0.25) is 0 Å². The Kier molecular flexibility index (Phi) is 15.2. The van der Waals surface area contributed by atoms with E-state index in [9.17, 15) is 4.79 Å². The number of carbonyl (C=O) groups excluding carboxylic acids is 1. The fraction of sp³-hybridized carbons (Fsp3) is 0.722. The Morgan fingerprint density at radius 1 is 0.950 bits per heavy atom. The normalized spacial score (nSPS) is 10.8. The zero-order chi connectivity index (χ0) is 14.9. The molecule has 0 atom stereocenters. The second kappa shape index (κ2) is 16.0. The molecule has 2 nitrogen and oxygen atoms in total. The molecule has 0 aromatic heterocycles. The van der Waals surface area contributed by atoms with Gasteiger partial charge >= 0.3 is 0 Å². The maximum atomic E-state index is 11.3. The van der Waals surface area contributed by atoms with Crippen molar-refractivity contribution < 1.29 is 4.79 Å². The first kappa shape index (κ1) is 18.9. The van der Waals surface area contributed by atoms with Crippen LogP contribution in [0.25, 0.3) is 0 Å². The van der Waals surface area contributed by atoms with Crippen LogP contribution in [0.15, 0.2) is 24.8 Å². The first-order valence-corrected chi connectivity index (χ1v) is 8.33. The van der Waals surface area contributed by atoms with E-state index < -0.39 is 0 Å². The molecule has 0 aromatic carbocycles. The maximum absolute atomic E-state index is 11.3. The molecule has 0 saturated heterocycles. The van der Waals surface area contributed by atoms with Gasteiger partial charge in [-0.2, -0.15) is 0 Å². The summed E-state index contributed by atoms with van der Waals surface area (Å²) in [6, 6.07) is 0. The fourth-order valence-electron chi connectivity index (χ4n) is 2.09. The summed E-state index contributed by atoms with van der Waals surface area (Å²) in [5, 5.41) is 2.87. The van der Waals surface area contributed by atoms with E-state index in [-0.39, 0.29) is 5.91 Å². The molecule has 0 radical (unpaired) electrons. The highest BCUT2D eigenvalue weighted by molar-refractivity contribution is 5.76. The van der Waals surface area contributed by atoms with Gasteiger partial charge in [-0.05, 0) is 19.3 Å². The molecule has 0 spiro atoms. The predicted molar refractivity (Wildman–Crippen MR) is 88.8 cm³/mol. The van der Waals surface area contributed by atoms with Gasteiger partial charge in [-0.3, -0.25) is 4.79 Å². The van der Waals surface area contributed by atoms with E-state index in [0.717, 1.165) is 12.8 Å². The van der Waals surface area contributed by atoms with E-state index in [4.69, 9.17) is 0 Å². The molecule has 0 aliphatic carbocycles. The third-order valence-corrected chi connectivity index (χ3v) is 3.38. The minimum absolute atomic E-state index is 0.113. The Morgan fingerprint density at radius 3 is 2.25 bits per heavy atom. The molecule has 0 saturated carbocycles. The maximum Gasteiger partial charge on any atom is 0.220 e. The summed E-state index contributed by atoms with van der Waals surface area (Å²) in [5.74, 6) is 0.113. The molecule has 0 unspecified atom stereocenters. The molecular weight excluding hydrogens is 246 g/mol. The van der Waals surface area contributed by atoms with Gasteiger partial charge in [0.15, 0.2) is 0 Å². The number of hydrogen-bond acceptors (Lipinski definition) is 1. The molecule has 0 rings (SSSR count). The molecule has 0 aliphatic rings. The Morgan fingerprint density at radius 2 is 1.60 bits per heavy atom. The molecule has 1 N–H and O–H groups in total. The summed E-state index contributed by atoms with van der Waals surface area (Å²) >= 11 is 0. The summed E-state index contributed by atoms with van der Waals surface area (Å²) in [4.78, 5) is 11.3. The quantitative estimate of drug-likeness (QED) is 0.345. The van der Waals surface area contributed by atoms with Crippen molar-refractivity contribution in [3.8, 4) is 0 Å². The van der Waals surface area contributed by atoms with Crippen LogP contribution in [0.3, 0.4) is 0 Å². The van der Waals surface area contributed by atoms with Crippen molar-refractivity contribution in [1.82, 2.24) is 5.32 Å². The summed E-state index contributed by atoms with van der Waals surface area (Å²) in [6.07, 6.45) is 19.4. The summed E-state index contributed by atoms with van der Waals surface area (Å²) in [5.41, 5.74) is 0. The Labute approximate surface area is 125 Å². The molecule has 0 aromatic rings. The van der Waals surface area contributed by atoms with Crippen molar-refractivity contribution in [1.29, 1.82) is 0 Å². The second-order valence-electron chi connectivity index (χ2n) is 5.37. The molecule has 1 amide bonds. The lowest BCUT2D eigenvalue weighted by Crippen LogP contribution is -2.22. The first-order chi connectivity index (χ1) is 9.81. The van der Waals surface area contributed by atoms with E-state index in [1.54, 1.807) is 6.08 Å². The second-order valence-corrected chi connectivity index (χ2v) is 5.37. The van der Waals surface area contributed by atoms with Crippen LogP contribution < -0.4 is 5.32 Å². The van der Waals surface area contributed by atoms with Gasteiger partial charge in [-0.1, -0.05) is 70.1 Å². The van der Waals surface area contributed by atoms with Gasteiger partial charge in [0.25, 0.3) is 0 Å². The number of nitrogens with one attached hydrogen (secondary N) is 1. The number of amides is 1. The van der Waals surface area contributed by atoms with E-state index >= 15 is 0 Å². The van der Waals surface area contributed by atoms with Crippen molar-refractivity contribution in [2.45, 2.75) is 77.6 Å². The van der Waals surface area contributed by atoms with E-state index in [1.165, 1.54) is 51.4 Å². The molecule has 20 heavy (non-hydrogen) atoms.